The van der Waals surface area contributed by atoms with E-state index < -0.39 is 0 Å². The van der Waals surface area contributed by atoms with Crippen molar-refractivity contribution in [1.29, 1.82) is 0 Å². The lowest BCUT2D eigenvalue weighted by Gasteiger charge is -2.13. The molecule has 1 aliphatic rings. The number of phenols is 1. The number of rotatable bonds is 4. The average molecular weight is 259 g/mol. The molecule has 0 amide bonds. The Bertz CT molecular complexity index is 580. The van der Waals surface area contributed by atoms with Crippen LogP contribution in [0, 0.1) is 6.92 Å². The molecular formula is C14H17N3O2. The summed E-state index contributed by atoms with van der Waals surface area (Å²) in [6.07, 6.45) is 2.71. The highest BCUT2D eigenvalue weighted by atomic mass is 16.5. The van der Waals surface area contributed by atoms with Crippen LogP contribution >= 0.6 is 0 Å². The van der Waals surface area contributed by atoms with Gasteiger partial charge < -0.3 is 14.9 Å². The van der Waals surface area contributed by atoms with Crippen molar-refractivity contribution in [3.63, 3.8) is 0 Å². The van der Waals surface area contributed by atoms with Crippen molar-refractivity contribution in [2.45, 2.75) is 32.2 Å². The van der Waals surface area contributed by atoms with Gasteiger partial charge in [-0.25, -0.2) is 0 Å². The van der Waals surface area contributed by atoms with Gasteiger partial charge in [0, 0.05) is 25.9 Å². The zero-order chi connectivity index (χ0) is 13.2. The van der Waals surface area contributed by atoms with E-state index in [0.717, 1.165) is 37.2 Å². The number of fused-ring (bicyclic) bond motifs is 1. The van der Waals surface area contributed by atoms with E-state index in [0.29, 0.717) is 17.7 Å². The average Bonchev–Trinajstić information content (AvgIpc) is 2.98. The maximum Gasteiger partial charge on any atom is 0.223 e. The fourth-order valence-corrected chi connectivity index (χ4v) is 2.65. The fraction of sp³-hybridized carbons (Fsp3) is 0.429. The first-order valence-corrected chi connectivity index (χ1v) is 6.57. The summed E-state index contributed by atoms with van der Waals surface area (Å²) in [5.41, 5.74) is 2.29. The van der Waals surface area contributed by atoms with Gasteiger partial charge >= 0.3 is 0 Å². The third-order valence-electron chi connectivity index (χ3n) is 3.55. The van der Waals surface area contributed by atoms with Crippen molar-refractivity contribution in [3.8, 4) is 5.75 Å². The summed E-state index contributed by atoms with van der Waals surface area (Å²) in [6, 6.07) is 6.05. The highest BCUT2D eigenvalue weighted by Crippen LogP contribution is 2.36. The molecule has 2 aromatic rings. The number of aromatic hydroxyl groups is 1. The standard InChI is InChI=1S/C14H17N3O2/c1-9-16-14(17-19-9)7-8-15-12-6-5-11-10(12)3-2-4-13(11)18/h2-4,12,15,18H,5-8H2,1H3. The molecule has 0 bridgehead atoms. The zero-order valence-corrected chi connectivity index (χ0v) is 10.9. The molecule has 2 N–H and O–H groups in total. The lowest BCUT2D eigenvalue weighted by molar-refractivity contribution is 0.386. The first-order valence-electron chi connectivity index (χ1n) is 6.57. The van der Waals surface area contributed by atoms with Gasteiger partial charge in [0.15, 0.2) is 5.82 Å². The highest BCUT2D eigenvalue weighted by molar-refractivity contribution is 5.44. The van der Waals surface area contributed by atoms with E-state index in [-0.39, 0.29) is 0 Å². The van der Waals surface area contributed by atoms with E-state index in [1.165, 1.54) is 5.56 Å². The van der Waals surface area contributed by atoms with E-state index >= 15 is 0 Å². The molecule has 0 aliphatic heterocycles. The van der Waals surface area contributed by atoms with Gasteiger partial charge in [-0.05, 0) is 30.0 Å². The SMILES string of the molecule is Cc1nc(CCNC2CCc3c(O)cccc32)no1. The van der Waals surface area contributed by atoms with E-state index in [9.17, 15) is 5.11 Å². The van der Waals surface area contributed by atoms with Crippen LogP contribution in [-0.4, -0.2) is 21.8 Å². The van der Waals surface area contributed by atoms with Gasteiger partial charge in [0.1, 0.15) is 5.75 Å². The minimum absolute atomic E-state index is 0.315. The van der Waals surface area contributed by atoms with Crippen LogP contribution in [0.25, 0.3) is 0 Å². The van der Waals surface area contributed by atoms with Crippen LogP contribution in [0.1, 0.15) is 35.3 Å². The number of phenolic OH excluding ortho intramolecular Hbond substituents is 1. The number of hydrogen-bond acceptors (Lipinski definition) is 5. The van der Waals surface area contributed by atoms with Gasteiger partial charge in [0.25, 0.3) is 0 Å². The van der Waals surface area contributed by atoms with Crippen LogP contribution in [0.2, 0.25) is 0 Å². The topological polar surface area (TPSA) is 71.2 Å². The molecular weight excluding hydrogens is 242 g/mol. The summed E-state index contributed by atoms with van der Waals surface area (Å²) >= 11 is 0. The second-order valence-corrected chi connectivity index (χ2v) is 4.87. The van der Waals surface area contributed by atoms with E-state index in [1.54, 1.807) is 13.0 Å². The minimum Gasteiger partial charge on any atom is -0.508 e. The molecule has 1 unspecified atom stereocenters. The van der Waals surface area contributed by atoms with Crippen LogP contribution in [0.4, 0.5) is 0 Å². The molecule has 5 heteroatoms. The van der Waals surface area contributed by atoms with Gasteiger partial charge in [-0.1, -0.05) is 17.3 Å². The number of nitrogens with zero attached hydrogens (tertiary/aromatic N) is 2. The normalized spacial score (nSPS) is 17.6. The number of aryl methyl sites for hydroxylation is 1. The summed E-state index contributed by atoms with van der Waals surface area (Å²) < 4.78 is 4.94. The molecule has 19 heavy (non-hydrogen) atoms. The molecule has 5 nitrogen and oxygen atoms in total. The number of hydrogen-bond donors (Lipinski definition) is 2. The summed E-state index contributed by atoms with van der Waals surface area (Å²) in [4.78, 5) is 4.18. The third-order valence-corrected chi connectivity index (χ3v) is 3.55. The largest absolute Gasteiger partial charge is 0.508 e. The zero-order valence-electron chi connectivity index (χ0n) is 10.9. The third kappa shape index (κ3) is 2.46. The van der Waals surface area contributed by atoms with Crippen LogP contribution in [0.15, 0.2) is 22.7 Å². The lowest BCUT2D eigenvalue weighted by Crippen LogP contribution is -2.22. The number of benzene rings is 1. The molecule has 1 heterocycles. The van der Waals surface area contributed by atoms with E-state index in [4.69, 9.17) is 4.52 Å². The first kappa shape index (κ1) is 12.2. The Balaban J connectivity index is 1.59. The van der Waals surface area contributed by atoms with Crippen LogP contribution in [-0.2, 0) is 12.8 Å². The molecule has 0 saturated carbocycles. The predicted octanol–water partition coefficient (Wildman–Crippen LogP) is 1.90. The Kier molecular flexibility index (Phi) is 3.21. The molecule has 1 aromatic carbocycles. The van der Waals surface area contributed by atoms with Crippen LogP contribution in [0.3, 0.4) is 0 Å². The van der Waals surface area contributed by atoms with Crippen LogP contribution in [0.5, 0.6) is 5.75 Å². The minimum atomic E-state index is 0.315. The molecule has 100 valence electrons. The number of nitrogens with one attached hydrogen (secondary N) is 1. The maximum absolute atomic E-state index is 9.80. The summed E-state index contributed by atoms with van der Waals surface area (Å²) in [5, 5.41) is 17.2. The van der Waals surface area contributed by atoms with Crippen molar-refractivity contribution >= 4 is 0 Å². The van der Waals surface area contributed by atoms with Crippen molar-refractivity contribution < 1.29 is 9.63 Å². The molecule has 1 aliphatic carbocycles. The Morgan fingerprint density at radius 3 is 3.16 bits per heavy atom. The maximum atomic E-state index is 9.80. The van der Waals surface area contributed by atoms with Crippen molar-refractivity contribution in [2.75, 3.05) is 6.54 Å². The van der Waals surface area contributed by atoms with Gasteiger partial charge in [-0.2, -0.15) is 4.98 Å². The second-order valence-electron chi connectivity index (χ2n) is 4.87. The Hall–Kier alpha value is -1.88. The molecule has 0 fully saturated rings. The second kappa shape index (κ2) is 5.01. The quantitative estimate of drug-likeness (QED) is 0.877. The fourth-order valence-electron chi connectivity index (χ4n) is 2.65. The van der Waals surface area contributed by atoms with Crippen LogP contribution < -0.4 is 5.32 Å². The molecule has 3 rings (SSSR count). The molecule has 0 radical (unpaired) electrons. The summed E-state index contributed by atoms with van der Waals surface area (Å²) in [7, 11) is 0. The van der Waals surface area contributed by atoms with E-state index in [1.807, 2.05) is 6.07 Å². The lowest BCUT2D eigenvalue weighted by atomic mass is 10.1. The molecule has 1 atom stereocenters. The Morgan fingerprint density at radius 1 is 1.47 bits per heavy atom. The van der Waals surface area contributed by atoms with Gasteiger partial charge in [-0.3, -0.25) is 0 Å². The smallest absolute Gasteiger partial charge is 0.223 e. The summed E-state index contributed by atoms with van der Waals surface area (Å²) in [6.45, 7) is 2.60. The van der Waals surface area contributed by atoms with Crippen molar-refractivity contribution in [2.24, 2.45) is 0 Å². The van der Waals surface area contributed by atoms with Crippen molar-refractivity contribution in [1.82, 2.24) is 15.5 Å². The molecule has 0 spiro atoms. The molecule has 0 saturated heterocycles. The monoisotopic (exact) mass is 259 g/mol. The molecule has 1 aromatic heterocycles. The first-order chi connectivity index (χ1) is 9.24. The Morgan fingerprint density at radius 2 is 2.37 bits per heavy atom. The van der Waals surface area contributed by atoms with Gasteiger partial charge in [-0.15, -0.1) is 0 Å². The summed E-state index contributed by atoms with van der Waals surface area (Å²) in [5.74, 6) is 1.75. The van der Waals surface area contributed by atoms with Gasteiger partial charge in [0.2, 0.25) is 5.89 Å². The van der Waals surface area contributed by atoms with E-state index in [2.05, 4.69) is 21.5 Å². The number of aromatic nitrogens is 2. The van der Waals surface area contributed by atoms with Crippen molar-refractivity contribution in [3.05, 3.63) is 41.0 Å². The Labute approximate surface area is 111 Å². The van der Waals surface area contributed by atoms with Gasteiger partial charge in [0.05, 0.1) is 0 Å². The predicted molar refractivity (Wildman–Crippen MR) is 69.9 cm³/mol. The highest BCUT2D eigenvalue weighted by Gasteiger charge is 2.23.